The molecule has 2 aromatic rings. The van der Waals surface area contributed by atoms with Gasteiger partial charge in [0, 0.05) is 17.5 Å². The molecule has 126 valence electrons. The Balaban J connectivity index is 1.76. The highest BCUT2D eigenvalue weighted by molar-refractivity contribution is 5.48. The molecule has 0 saturated carbocycles. The Morgan fingerprint density at radius 2 is 1.92 bits per heavy atom. The van der Waals surface area contributed by atoms with Gasteiger partial charge in [-0.25, -0.2) is 0 Å². The Morgan fingerprint density at radius 3 is 2.67 bits per heavy atom. The van der Waals surface area contributed by atoms with Crippen LogP contribution >= 0.6 is 0 Å². The fourth-order valence-corrected chi connectivity index (χ4v) is 4.08. The van der Waals surface area contributed by atoms with E-state index in [0.717, 1.165) is 43.9 Å². The second-order valence-corrected chi connectivity index (χ2v) is 6.84. The second kappa shape index (κ2) is 6.48. The number of piperidine rings is 1. The SMILES string of the molecule is CCOc1ccc2c(c1)OC1(CCNCC1)CC2c1ccccc1. The zero-order valence-electron chi connectivity index (χ0n) is 14.3. The van der Waals surface area contributed by atoms with Crippen LogP contribution in [0.5, 0.6) is 11.5 Å². The zero-order chi connectivity index (χ0) is 16.4. The monoisotopic (exact) mass is 323 g/mol. The van der Waals surface area contributed by atoms with Crippen LogP contribution in [-0.4, -0.2) is 25.3 Å². The number of nitrogens with one attached hydrogen (secondary N) is 1. The predicted octanol–water partition coefficient (Wildman–Crippen LogP) is 4.12. The largest absolute Gasteiger partial charge is 0.494 e. The average Bonchev–Trinajstić information content (AvgIpc) is 2.62. The van der Waals surface area contributed by atoms with Crippen molar-refractivity contribution in [3.63, 3.8) is 0 Å². The Hall–Kier alpha value is -2.00. The Bertz CT molecular complexity index is 692. The van der Waals surface area contributed by atoms with E-state index in [2.05, 4.69) is 53.8 Å². The van der Waals surface area contributed by atoms with E-state index in [4.69, 9.17) is 9.47 Å². The summed E-state index contributed by atoms with van der Waals surface area (Å²) in [5, 5.41) is 3.46. The summed E-state index contributed by atoms with van der Waals surface area (Å²) < 4.78 is 12.3. The lowest BCUT2D eigenvalue weighted by Gasteiger charge is -2.45. The molecular weight excluding hydrogens is 298 g/mol. The van der Waals surface area contributed by atoms with Crippen LogP contribution in [0.1, 0.15) is 43.2 Å². The summed E-state index contributed by atoms with van der Waals surface area (Å²) in [7, 11) is 0. The maximum absolute atomic E-state index is 6.58. The van der Waals surface area contributed by atoms with Crippen molar-refractivity contribution in [2.75, 3.05) is 19.7 Å². The van der Waals surface area contributed by atoms with Gasteiger partial charge in [0.1, 0.15) is 17.1 Å². The highest BCUT2D eigenvalue weighted by Crippen LogP contribution is 2.48. The molecule has 1 unspecified atom stereocenters. The predicted molar refractivity (Wildman–Crippen MR) is 96.0 cm³/mol. The van der Waals surface area contributed by atoms with Crippen LogP contribution < -0.4 is 14.8 Å². The Labute approximate surface area is 144 Å². The number of fused-ring (bicyclic) bond motifs is 1. The summed E-state index contributed by atoms with van der Waals surface area (Å²) >= 11 is 0. The van der Waals surface area contributed by atoms with Gasteiger partial charge >= 0.3 is 0 Å². The third kappa shape index (κ3) is 2.89. The van der Waals surface area contributed by atoms with Crippen LogP contribution in [0.2, 0.25) is 0 Å². The quantitative estimate of drug-likeness (QED) is 0.921. The number of hydrogen-bond acceptors (Lipinski definition) is 3. The highest BCUT2D eigenvalue weighted by Gasteiger charge is 2.42. The normalized spacial score (nSPS) is 21.8. The van der Waals surface area contributed by atoms with E-state index >= 15 is 0 Å². The van der Waals surface area contributed by atoms with Crippen LogP contribution in [0, 0.1) is 0 Å². The summed E-state index contributed by atoms with van der Waals surface area (Å²) in [6.45, 7) is 4.75. The van der Waals surface area contributed by atoms with Gasteiger partial charge in [-0.1, -0.05) is 36.4 Å². The molecule has 2 aliphatic rings. The highest BCUT2D eigenvalue weighted by atomic mass is 16.5. The van der Waals surface area contributed by atoms with E-state index in [9.17, 15) is 0 Å². The fraction of sp³-hybridized carbons (Fsp3) is 0.429. The first kappa shape index (κ1) is 15.5. The molecule has 0 radical (unpaired) electrons. The van der Waals surface area contributed by atoms with Gasteiger partial charge in [-0.2, -0.15) is 0 Å². The number of benzene rings is 2. The molecular formula is C21H25NO2. The minimum atomic E-state index is -0.0520. The van der Waals surface area contributed by atoms with E-state index < -0.39 is 0 Å². The summed E-state index contributed by atoms with van der Waals surface area (Å²) in [5.74, 6) is 2.29. The molecule has 1 spiro atoms. The minimum Gasteiger partial charge on any atom is -0.494 e. The van der Waals surface area contributed by atoms with Gasteiger partial charge in [0.05, 0.1) is 6.61 Å². The number of hydrogen-bond donors (Lipinski definition) is 1. The van der Waals surface area contributed by atoms with E-state index in [1.54, 1.807) is 0 Å². The number of ether oxygens (including phenoxy) is 2. The van der Waals surface area contributed by atoms with E-state index in [1.165, 1.54) is 11.1 Å². The van der Waals surface area contributed by atoms with Crippen LogP contribution in [0.3, 0.4) is 0 Å². The van der Waals surface area contributed by atoms with Crippen molar-refractivity contribution in [3.8, 4) is 11.5 Å². The first-order chi connectivity index (χ1) is 11.8. The van der Waals surface area contributed by atoms with E-state index in [-0.39, 0.29) is 5.60 Å². The van der Waals surface area contributed by atoms with Crippen molar-refractivity contribution in [1.29, 1.82) is 0 Å². The molecule has 1 N–H and O–H groups in total. The summed E-state index contributed by atoms with van der Waals surface area (Å²) in [5.41, 5.74) is 2.61. The summed E-state index contributed by atoms with van der Waals surface area (Å²) in [4.78, 5) is 0. The van der Waals surface area contributed by atoms with E-state index in [1.807, 2.05) is 6.92 Å². The van der Waals surface area contributed by atoms with Crippen LogP contribution in [0.4, 0.5) is 0 Å². The number of rotatable bonds is 3. The first-order valence-corrected chi connectivity index (χ1v) is 9.01. The third-order valence-electron chi connectivity index (χ3n) is 5.29. The van der Waals surface area contributed by atoms with Crippen molar-refractivity contribution < 1.29 is 9.47 Å². The lowest BCUT2D eigenvalue weighted by atomic mass is 9.75. The van der Waals surface area contributed by atoms with Crippen LogP contribution in [0.15, 0.2) is 48.5 Å². The zero-order valence-corrected chi connectivity index (χ0v) is 14.3. The molecule has 1 saturated heterocycles. The lowest BCUT2D eigenvalue weighted by molar-refractivity contribution is 0.0112. The molecule has 1 fully saturated rings. The van der Waals surface area contributed by atoms with Crippen molar-refractivity contribution in [1.82, 2.24) is 5.32 Å². The molecule has 1 atom stereocenters. The molecule has 3 heteroatoms. The minimum absolute atomic E-state index is 0.0520. The molecule has 24 heavy (non-hydrogen) atoms. The standard InChI is InChI=1S/C21H25NO2/c1-2-23-17-8-9-18-19(16-6-4-3-5-7-16)15-21(24-20(18)14-17)10-12-22-13-11-21/h3-9,14,19,22H,2,10-13,15H2,1H3. The van der Waals surface area contributed by atoms with Crippen molar-refractivity contribution in [2.24, 2.45) is 0 Å². The molecule has 2 heterocycles. The van der Waals surface area contributed by atoms with Gasteiger partial charge in [-0.3, -0.25) is 0 Å². The smallest absolute Gasteiger partial charge is 0.127 e. The van der Waals surface area contributed by atoms with Crippen molar-refractivity contribution in [3.05, 3.63) is 59.7 Å². The summed E-state index contributed by atoms with van der Waals surface area (Å²) in [6.07, 6.45) is 3.18. The molecule has 2 aliphatic heterocycles. The van der Waals surface area contributed by atoms with Crippen molar-refractivity contribution in [2.45, 2.75) is 37.7 Å². The van der Waals surface area contributed by atoms with Gasteiger partial charge in [-0.05, 0) is 50.9 Å². The van der Waals surface area contributed by atoms with Crippen LogP contribution in [0.25, 0.3) is 0 Å². The third-order valence-corrected chi connectivity index (χ3v) is 5.29. The molecule has 0 aliphatic carbocycles. The Kier molecular flexibility index (Phi) is 4.19. The maximum Gasteiger partial charge on any atom is 0.127 e. The molecule has 3 nitrogen and oxygen atoms in total. The van der Waals surface area contributed by atoms with Crippen LogP contribution in [-0.2, 0) is 0 Å². The Morgan fingerprint density at radius 1 is 1.12 bits per heavy atom. The molecule has 0 amide bonds. The maximum atomic E-state index is 6.58. The molecule has 0 aromatic heterocycles. The topological polar surface area (TPSA) is 30.5 Å². The molecule has 4 rings (SSSR count). The van der Waals surface area contributed by atoms with Crippen molar-refractivity contribution >= 4 is 0 Å². The van der Waals surface area contributed by atoms with Gasteiger partial charge in [0.2, 0.25) is 0 Å². The first-order valence-electron chi connectivity index (χ1n) is 9.01. The van der Waals surface area contributed by atoms with Gasteiger partial charge in [0.25, 0.3) is 0 Å². The second-order valence-electron chi connectivity index (χ2n) is 6.84. The lowest BCUT2D eigenvalue weighted by Crippen LogP contribution is -2.49. The van der Waals surface area contributed by atoms with Gasteiger partial charge in [0.15, 0.2) is 0 Å². The average molecular weight is 323 g/mol. The molecule has 2 aromatic carbocycles. The summed E-state index contributed by atoms with van der Waals surface area (Å²) in [6, 6.07) is 17.2. The van der Waals surface area contributed by atoms with Gasteiger partial charge in [-0.15, -0.1) is 0 Å². The van der Waals surface area contributed by atoms with Gasteiger partial charge < -0.3 is 14.8 Å². The fourth-order valence-electron chi connectivity index (χ4n) is 4.08. The van der Waals surface area contributed by atoms with E-state index in [0.29, 0.717) is 12.5 Å². The molecule has 0 bridgehead atoms.